The number of nitrogens with zero attached hydrogens (tertiary/aromatic N) is 1. The second-order valence-electron chi connectivity index (χ2n) is 4.26. The third-order valence-corrected chi connectivity index (χ3v) is 2.82. The van der Waals surface area contributed by atoms with E-state index < -0.39 is 17.3 Å². The second kappa shape index (κ2) is 3.71. The van der Waals surface area contributed by atoms with Gasteiger partial charge in [-0.05, 0) is 19.1 Å². The number of halogens is 2. The highest BCUT2D eigenvalue weighted by molar-refractivity contribution is 6.31. The molecule has 0 atom stereocenters. The molecule has 1 aliphatic heterocycles. The fourth-order valence-electron chi connectivity index (χ4n) is 1.76. The van der Waals surface area contributed by atoms with Gasteiger partial charge in [0.05, 0.1) is 29.3 Å². The lowest BCUT2D eigenvalue weighted by atomic mass is 9.96. The summed E-state index contributed by atoms with van der Waals surface area (Å²) in [5.74, 6) is -1.15. The Hall–Kier alpha value is -1.13. The normalized spacial score (nSPS) is 18.1. The first-order chi connectivity index (χ1) is 7.41. The summed E-state index contributed by atoms with van der Waals surface area (Å²) in [6.07, 6.45) is 0. The van der Waals surface area contributed by atoms with Gasteiger partial charge in [-0.15, -0.1) is 0 Å². The first-order valence-corrected chi connectivity index (χ1v) is 5.24. The van der Waals surface area contributed by atoms with Crippen molar-refractivity contribution in [2.75, 3.05) is 13.1 Å². The molecular formula is C11H11ClFNO2. The standard InChI is InChI=1S/C11H11ClFNO2/c1-11(16)5-14(6-11)10(15)7-3-2-4-8(12)9(7)13/h2-4,16H,5-6H2,1H3. The molecule has 0 unspecified atom stereocenters. The quantitative estimate of drug-likeness (QED) is 0.815. The maximum absolute atomic E-state index is 13.5. The van der Waals surface area contributed by atoms with Gasteiger partial charge in [-0.3, -0.25) is 4.79 Å². The molecule has 0 aliphatic carbocycles. The van der Waals surface area contributed by atoms with E-state index in [4.69, 9.17) is 11.6 Å². The van der Waals surface area contributed by atoms with Crippen LogP contribution in [0.4, 0.5) is 4.39 Å². The van der Waals surface area contributed by atoms with Crippen LogP contribution in [0.2, 0.25) is 5.02 Å². The smallest absolute Gasteiger partial charge is 0.257 e. The molecule has 16 heavy (non-hydrogen) atoms. The average Bonchev–Trinajstić information content (AvgIpc) is 2.17. The molecule has 3 nitrogen and oxygen atoms in total. The fraction of sp³-hybridized carbons (Fsp3) is 0.364. The van der Waals surface area contributed by atoms with E-state index in [0.717, 1.165) is 0 Å². The highest BCUT2D eigenvalue weighted by Gasteiger charge is 2.40. The Bertz CT molecular complexity index is 440. The molecule has 2 rings (SSSR count). The molecule has 1 heterocycles. The maximum atomic E-state index is 13.5. The largest absolute Gasteiger partial charge is 0.386 e. The Morgan fingerprint density at radius 2 is 2.19 bits per heavy atom. The number of amides is 1. The van der Waals surface area contributed by atoms with Crippen LogP contribution in [0.25, 0.3) is 0 Å². The second-order valence-corrected chi connectivity index (χ2v) is 4.67. The van der Waals surface area contributed by atoms with E-state index in [2.05, 4.69) is 0 Å². The zero-order valence-corrected chi connectivity index (χ0v) is 9.46. The van der Waals surface area contributed by atoms with Crippen LogP contribution in [0.5, 0.6) is 0 Å². The molecule has 1 aliphatic rings. The molecule has 0 spiro atoms. The zero-order valence-electron chi connectivity index (χ0n) is 8.70. The minimum absolute atomic E-state index is 0.0528. The topological polar surface area (TPSA) is 40.5 Å². The van der Waals surface area contributed by atoms with Gasteiger partial charge in [0.2, 0.25) is 0 Å². The van der Waals surface area contributed by atoms with E-state index >= 15 is 0 Å². The first kappa shape index (κ1) is 11.4. The lowest BCUT2D eigenvalue weighted by molar-refractivity contribution is -0.0670. The van der Waals surface area contributed by atoms with Crippen LogP contribution in [-0.4, -0.2) is 34.6 Å². The number of aliphatic hydroxyl groups is 1. The summed E-state index contributed by atoms with van der Waals surface area (Å²) in [5.41, 5.74) is -0.909. The number of rotatable bonds is 1. The van der Waals surface area contributed by atoms with Gasteiger partial charge >= 0.3 is 0 Å². The van der Waals surface area contributed by atoms with Crippen molar-refractivity contribution in [3.05, 3.63) is 34.6 Å². The molecule has 86 valence electrons. The van der Waals surface area contributed by atoms with E-state index in [1.54, 1.807) is 6.92 Å². The van der Waals surface area contributed by atoms with Crippen molar-refractivity contribution < 1.29 is 14.3 Å². The number of hydrogen-bond acceptors (Lipinski definition) is 2. The summed E-state index contributed by atoms with van der Waals surface area (Å²) in [7, 11) is 0. The van der Waals surface area contributed by atoms with Crippen LogP contribution in [0.1, 0.15) is 17.3 Å². The molecule has 0 aromatic heterocycles. The molecule has 0 saturated carbocycles. The Morgan fingerprint density at radius 3 is 2.75 bits per heavy atom. The van der Waals surface area contributed by atoms with Gasteiger partial charge in [0, 0.05) is 0 Å². The van der Waals surface area contributed by atoms with Crippen LogP contribution in [0.15, 0.2) is 18.2 Å². The van der Waals surface area contributed by atoms with Gasteiger partial charge in [0.1, 0.15) is 0 Å². The number of benzene rings is 1. The molecule has 0 radical (unpaired) electrons. The van der Waals surface area contributed by atoms with Crippen LogP contribution < -0.4 is 0 Å². The van der Waals surface area contributed by atoms with Crippen molar-refractivity contribution >= 4 is 17.5 Å². The highest BCUT2D eigenvalue weighted by Crippen LogP contribution is 2.25. The van der Waals surface area contributed by atoms with E-state index in [9.17, 15) is 14.3 Å². The third-order valence-electron chi connectivity index (χ3n) is 2.53. The minimum atomic E-state index is -0.856. The molecule has 1 aromatic rings. The molecule has 1 amide bonds. The van der Waals surface area contributed by atoms with Crippen molar-refractivity contribution in [1.29, 1.82) is 0 Å². The van der Waals surface area contributed by atoms with Gasteiger partial charge in [-0.1, -0.05) is 17.7 Å². The summed E-state index contributed by atoms with van der Waals surface area (Å²) in [4.78, 5) is 13.2. The minimum Gasteiger partial charge on any atom is -0.386 e. The predicted octanol–water partition coefficient (Wildman–Crippen LogP) is 1.69. The van der Waals surface area contributed by atoms with E-state index in [0.29, 0.717) is 0 Å². The Labute approximate surface area is 97.4 Å². The molecule has 1 aromatic carbocycles. The lowest BCUT2D eigenvalue weighted by Gasteiger charge is -2.44. The lowest BCUT2D eigenvalue weighted by Crippen LogP contribution is -2.61. The van der Waals surface area contributed by atoms with Gasteiger partial charge in [0.25, 0.3) is 5.91 Å². The average molecular weight is 244 g/mol. The van der Waals surface area contributed by atoms with Crippen molar-refractivity contribution in [3.63, 3.8) is 0 Å². The molecule has 0 bridgehead atoms. The number of carbonyl (C=O) groups excluding carboxylic acids is 1. The van der Waals surface area contributed by atoms with Crippen molar-refractivity contribution in [3.8, 4) is 0 Å². The molecule has 1 fully saturated rings. The van der Waals surface area contributed by atoms with E-state index in [1.807, 2.05) is 0 Å². The van der Waals surface area contributed by atoms with Crippen LogP contribution in [0.3, 0.4) is 0 Å². The van der Waals surface area contributed by atoms with Crippen LogP contribution >= 0.6 is 11.6 Å². The Morgan fingerprint density at radius 1 is 1.56 bits per heavy atom. The first-order valence-electron chi connectivity index (χ1n) is 4.86. The summed E-state index contributed by atoms with van der Waals surface area (Å²) >= 11 is 5.58. The van der Waals surface area contributed by atoms with Gasteiger partial charge in [0.15, 0.2) is 5.82 Å². The summed E-state index contributed by atoms with van der Waals surface area (Å²) in [6.45, 7) is 2.07. The van der Waals surface area contributed by atoms with Crippen molar-refractivity contribution in [2.24, 2.45) is 0 Å². The summed E-state index contributed by atoms with van der Waals surface area (Å²) < 4.78 is 13.5. The van der Waals surface area contributed by atoms with Gasteiger partial charge in [-0.2, -0.15) is 0 Å². The molecule has 1 N–H and O–H groups in total. The van der Waals surface area contributed by atoms with Crippen molar-refractivity contribution in [1.82, 2.24) is 4.90 Å². The number of hydrogen-bond donors (Lipinski definition) is 1. The SMILES string of the molecule is CC1(O)CN(C(=O)c2cccc(Cl)c2F)C1. The number of β-amino-alcohol motifs (C(OH)–C–C–N with tert-alkyl or cyclic N) is 1. The number of carbonyl (C=O) groups is 1. The van der Waals surface area contributed by atoms with Gasteiger partial charge < -0.3 is 10.0 Å². The fourth-order valence-corrected chi connectivity index (χ4v) is 1.93. The summed E-state index contributed by atoms with van der Waals surface area (Å²) in [5, 5.41) is 9.42. The van der Waals surface area contributed by atoms with Crippen LogP contribution in [-0.2, 0) is 0 Å². The maximum Gasteiger partial charge on any atom is 0.257 e. The highest BCUT2D eigenvalue weighted by atomic mass is 35.5. The predicted molar refractivity (Wildman–Crippen MR) is 57.9 cm³/mol. The van der Waals surface area contributed by atoms with E-state index in [-0.39, 0.29) is 23.7 Å². The monoisotopic (exact) mass is 243 g/mol. The molecular weight excluding hydrogens is 233 g/mol. The molecule has 1 saturated heterocycles. The third kappa shape index (κ3) is 1.90. The van der Waals surface area contributed by atoms with Crippen LogP contribution in [0, 0.1) is 5.82 Å². The number of likely N-dealkylation sites (tertiary alicyclic amines) is 1. The van der Waals surface area contributed by atoms with Crippen molar-refractivity contribution in [2.45, 2.75) is 12.5 Å². The molecule has 5 heteroatoms. The zero-order chi connectivity index (χ0) is 11.9. The Balaban J connectivity index is 2.20. The Kier molecular flexibility index (Phi) is 2.64. The van der Waals surface area contributed by atoms with Gasteiger partial charge in [-0.25, -0.2) is 4.39 Å². The van der Waals surface area contributed by atoms with E-state index in [1.165, 1.54) is 23.1 Å². The summed E-state index contributed by atoms with van der Waals surface area (Å²) in [6, 6.07) is 4.30.